The summed E-state index contributed by atoms with van der Waals surface area (Å²) in [5.41, 5.74) is 1.75. The lowest BCUT2D eigenvalue weighted by molar-refractivity contribution is 0.0870. The molecule has 0 saturated carbocycles. The summed E-state index contributed by atoms with van der Waals surface area (Å²) in [7, 11) is 0. The number of carbonyl (C=O) groups is 1. The third-order valence-corrected chi connectivity index (χ3v) is 3.50. The van der Waals surface area contributed by atoms with Gasteiger partial charge in [0.05, 0.1) is 12.6 Å². The van der Waals surface area contributed by atoms with Crippen LogP contribution in [0.4, 0.5) is 0 Å². The number of fused-ring (bicyclic) bond motifs is 1. The van der Waals surface area contributed by atoms with Crippen molar-refractivity contribution in [2.75, 3.05) is 6.61 Å². The number of nitrogens with zero attached hydrogens (tertiary/aromatic N) is 2. The number of aliphatic hydroxyl groups excluding tert-OH is 1. The van der Waals surface area contributed by atoms with Crippen LogP contribution in [0, 0.1) is 0 Å². The fraction of sp³-hybridized carbons (Fsp3) is 0.267. The average Bonchev–Trinajstić information content (AvgIpc) is 3.20. The molecule has 0 fully saturated rings. The van der Waals surface area contributed by atoms with Gasteiger partial charge in [0.15, 0.2) is 0 Å². The van der Waals surface area contributed by atoms with E-state index in [-0.39, 0.29) is 18.5 Å². The van der Waals surface area contributed by atoms with Crippen molar-refractivity contribution in [3.63, 3.8) is 0 Å². The molecule has 2 aromatic heterocycles. The molecule has 1 amide bonds. The van der Waals surface area contributed by atoms with Crippen molar-refractivity contribution in [2.24, 2.45) is 0 Å². The van der Waals surface area contributed by atoms with E-state index >= 15 is 0 Å². The van der Waals surface area contributed by atoms with Crippen LogP contribution in [0.5, 0.6) is 0 Å². The molecule has 114 valence electrons. The van der Waals surface area contributed by atoms with Crippen LogP contribution in [0.2, 0.25) is 0 Å². The number of aromatic amines is 1. The Morgan fingerprint density at radius 3 is 3.09 bits per heavy atom. The smallest absolute Gasteiger partial charge is 0.316 e. The number of hydrogen-bond donors (Lipinski definition) is 3. The second-order valence-electron chi connectivity index (χ2n) is 4.93. The second-order valence-corrected chi connectivity index (χ2v) is 4.93. The van der Waals surface area contributed by atoms with Gasteiger partial charge in [0.25, 0.3) is 0 Å². The molecule has 1 unspecified atom stereocenters. The zero-order valence-corrected chi connectivity index (χ0v) is 12.0. The molecule has 0 aliphatic rings. The van der Waals surface area contributed by atoms with Crippen molar-refractivity contribution >= 4 is 16.8 Å². The lowest BCUT2D eigenvalue weighted by Crippen LogP contribution is -2.37. The molecular formula is C15H16N4O3. The highest BCUT2D eigenvalue weighted by Crippen LogP contribution is 2.25. The van der Waals surface area contributed by atoms with Gasteiger partial charge in [-0.25, -0.2) is 0 Å². The maximum atomic E-state index is 12.0. The Balaban J connectivity index is 1.88. The van der Waals surface area contributed by atoms with Gasteiger partial charge in [-0.1, -0.05) is 24.2 Å². The molecule has 0 aliphatic carbocycles. The van der Waals surface area contributed by atoms with Gasteiger partial charge in [0.2, 0.25) is 5.82 Å². The minimum absolute atomic E-state index is 0.116. The Labute approximate surface area is 126 Å². The fourth-order valence-electron chi connectivity index (χ4n) is 2.23. The van der Waals surface area contributed by atoms with E-state index < -0.39 is 5.91 Å². The molecule has 0 radical (unpaired) electrons. The van der Waals surface area contributed by atoms with Gasteiger partial charge in [-0.15, -0.1) is 0 Å². The standard InChI is InChI=1S/C15H16N4O3/c1-2-9(8-20)17-14(21)15-18-13(19-22-15)11-4-3-5-12-10(11)6-7-16-12/h3-7,9,16,20H,2,8H2,1H3,(H,17,21). The topological polar surface area (TPSA) is 104 Å². The number of aliphatic hydroxyl groups is 1. The first-order valence-corrected chi connectivity index (χ1v) is 7.04. The predicted molar refractivity (Wildman–Crippen MR) is 80.2 cm³/mol. The number of benzene rings is 1. The Bertz CT molecular complexity index is 789. The number of hydrogen-bond acceptors (Lipinski definition) is 5. The van der Waals surface area contributed by atoms with Gasteiger partial charge in [0.1, 0.15) is 0 Å². The largest absolute Gasteiger partial charge is 0.394 e. The number of amides is 1. The molecule has 3 N–H and O–H groups in total. The molecule has 7 nitrogen and oxygen atoms in total. The van der Waals surface area contributed by atoms with Crippen LogP contribution in [0.25, 0.3) is 22.3 Å². The van der Waals surface area contributed by atoms with Crippen molar-refractivity contribution in [1.29, 1.82) is 0 Å². The van der Waals surface area contributed by atoms with Crippen molar-refractivity contribution in [3.05, 3.63) is 36.4 Å². The minimum atomic E-state index is -0.485. The molecule has 0 spiro atoms. The van der Waals surface area contributed by atoms with E-state index in [1.165, 1.54) is 0 Å². The van der Waals surface area contributed by atoms with E-state index in [1.807, 2.05) is 37.4 Å². The molecular weight excluding hydrogens is 284 g/mol. The summed E-state index contributed by atoms with van der Waals surface area (Å²) >= 11 is 0. The molecule has 0 bridgehead atoms. The van der Waals surface area contributed by atoms with Gasteiger partial charge in [-0.3, -0.25) is 4.79 Å². The maximum Gasteiger partial charge on any atom is 0.316 e. The van der Waals surface area contributed by atoms with Crippen molar-refractivity contribution < 1.29 is 14.4 Å². The summed E-state index contributed by atoms with van der Waals surface area (Å²) in [6.45, 7) is 1.74. The van der Waals surface area contributed by atoms with Crippen molar-refractivity contribution in [1.82, 2.24) is 20.4 Å². The summed E-state index contributed by atoms with van der Waals surface area (Å²) in [4.78, 5) is 19.3. The Kier molecular flexibility index (Phi) is 3.88. The fourth-order valence-corrected chi connectivity index (χ4v) is 2.23. The van der Waals surface area contributed by atoms with Crippen LogP contribution in [0.15, 0.2) is 35.0 Å². The van der Waals surface area contributed by atoms with E-state index in [4.69, 9.17) is 9.63 Å². The maximum absolute atomic E-state index is 12.0. The number of aromatic nitrogens is 3. The molecule has 1 aromatic carbocycles. The summed E-state index contributed by atoms with van der Waals surface area (Å²) < 4.78 is 5.03. The van der Waals surface area contributed by atoms with E-state index in [1.54, 1.807) is 0 Å². The molecule has 7 heteroatoms. The molecule has 2 heterocycles. The minimum Gasteiger partial charge on any atom is -0.394 e. The van der Waals surface area contributed by atoms with Gasteiger partial charge in [0, 0.05) is 22.7 Å². The summed E-state index contributed by atoms with van der Waals surface area (Å²) in [5.74, 6) is -0.247. The summed E-state index contributed by atoms with van der Waals surface area (Å²) in [6, 6.07) is 7.28. The van der Waals surface area contributed by atoms with E-state index in [2.05, 4.69) is 20.4 Å². The lowest BCUT2D eigenvalue weighted by atomic mass is 10.1. The summed E-state index contributed by atoms with van der Waals surface area (Å²) in [5, 5.41) is 16.6. The zero-order valence-electron chi connectivity index (χ0n) is 12.0. The van der Waals surface area contributed by atoms with E-state index in [0.29, 0.717) is 12.2 Å². The Hall–Kier alpha value is -2.67. The van der Waals surface area contributed by atoms with E-state index in [0.717, 1.165) is 16.5 Å². The molecule has 3 rings (SSSR count). The lowest BCUT2D eigenvalue weighted by Gasteiger charge is -2.11. The quantitative estimate of drug-likeness (QED) is 0.665. The molecule has 22 heavy (non-hydrogen) atoms. The summed E-state index contributed by atoms with van der Waals surface area (Å²) in [6.07, 6.45) is 2.45. The first-order chi connectivity index (χ1) is 10.7. The van der Waals surface area contributed by atoms with Gasteiger partial charge < -0.3 is 19.9 Å². The normalized spacial score (nSPS) is 12.5. The second kappa shape index (κ2) is 5.98. The highest BCUT2D eigenvalue weighted by atomic mass is 16.5. The average molecular weight is 300 g/mol. The highest BCUT2D eigenvalue weighted by molar-refractivity contribution is 5.94. The molecule has 0 aliphatic heterocycles. The van der Waals surface area contributed by atoms with Gasteiger partial charge in [-0.05, 0) is 18.6 Å². The monoisotopic (exact) mass is 300 g/mol. The number of rotatable bonds is 5. The predicted octanol–water partition coefficient (Wildman–Crippen LogP) is 1.72. The van der Waals surface area contributed by atoms with Crippen LogP contribution in [0.3, 0.4) is 0 Å². The third kappa shape index (κ3) is 2.58. The number of carbonyl (C=O) groups excluding carboxylic acids is 1. The van der Waals surface area contributed by atoms with Crippen LogP contribution >= 0.6 is 0 Å². The molecule has 3 aromatic rings. The molecule has 1 atom stereocenters. The Morgan fingerprint density at radius 1 is 1.45 bits per heavy atom. The molecule has 0 saturated heterocycles. The van der Waals surface area contributed by atoms with Crippen LogP contribution in [-0.4, -0.2) is 38.8 Å². The first kappa shape index (κ1) is 14.3. The van der Waals surface area contributed by atoms with Crippen LogP contribution in [-0.2, 0) is 0 Å². The van der Waals surface area contributed by atoms with Crippen molar-refractivity contribution in [2.45, 2.75) is 19.4 Å². The zero-order chi connectivity index (χ0) is 15.5. The van der Waals surface area contributed by atoms with Gasteiger partial charge in [-0.2, -0.15) is 4.98 Å². The first-order valence-electron chi connectivity index (χ1n) is 7.04. The van der Waals surface area contributed by atoms with E-state index in [9.17, 15) is 4.79 Å². The van der Waals surface area contributed by atoms with Crippen molar-refractivity contribution in [3.8, 4) is 11.4 Å². The van der Waals surface area contributed by atoms with Gasteiger partial charge >= 0.3 is 11.8 Å². The number of H-pyrrole nitrogens is 1. The van der Waals surface area contributed by atoms with Crippen LogP contribution < -0.4 is 5.32 Å². The SMILES string of the molecule is CCC(CO)NC(=O)c1nc(-c2cccc3[nH]ccc23)no1. The number of nitrogens with one attached hydrogen (secondary N) is 2. The van der Waals surface area contributed by atoms with Crippen LogP contribution in [0.1, 0.15) is 24.0 Å². The Morgan fingerprint density at radius 2 is 2.32 bits per heavy atom. The third-order valence-electron chi connectivity index (χ3n) is 3.50. The highest BCUT2D eigenvalue weighted by Gasteiger charge is 2.19.